The number of aromatic hydroxyl groups is 1. The monoisotopic (exact) mass is 219 g/mol. The van der Waals surface area contributed by atoms with Crippen molar-refractivity contribution in [3.05, 3.63) is 23.3 Å². The van der Waals surface area contributed by atoms with Crippen LogP contribution in [0.25, 0.3) is 0 Å². The molecule has 3 N–H and O–H groups in total. The van der Waals surface area contributed by atoms with E-state index in [2.05, 4.69) is 0 Å². The van der Waals surface area contributed by atoms with Gasteiger partial charge in [0, 0.05) is 5.69 Å². The number of nitrogen functional groups attached to an aromatic ring is 1. The molecule has 1 rings (SSSR count). The number of rotatable bonds is 1. The van der Waals surface area contributed by atoms with Gasteiger partial charge in [-0.1, -0.05) is 0 Å². The van der Waals surface area contributed by atoms with Gasteiger partial charge >= 0.3 is 6.18 Å². The molecule has 1 aromatic carbocycles. The maximum absolute atomic E-state index is 12.3. The largest absolute Gasteiger partial charge is 0.507 e. The van der Waals surface area contributed by atoms with Crippen molar-refractivity contribution in [2.24, 2.45) is 0 Å². The summed E-state index contributed by atoms with van der Waals surface area (Å²) in [5.41, 5.74) is 3.18. The Labute approximate surface area is 83.3 Å². The highest BCUT2D eigenvalue weighted by Gasteiger charge is 2.34. The SMILES string of the molecule is CC(=O)c1cc(N)c(C(F)(F)F)cc1O. The smallest absolute Gasteiger partial charge is 0.418 e. The number of carbonyl (C=O) groups excluding carboxylic acids is 1. The molecule has 15 heavy (non-hydrogen) atoms. The lowest BCUT2D eigenvalue weighted by molar-refractivity contribution is -0.137. The summed E-state index contributed by atoms with van der Waals surface area (Å²) in [4.78, 5) is 10.9. The first-order chi connectivity index (χ1) is 6.73. The predicted octanol–water partition coefficient (Wildman–Crippen LogP) is 2.20. The summed E-state index contributed by atoms with van der Waals surface area (Å²) in [6.45, 7) is 1.13. The molecule has 0 aliphatic carbocycles. The van der Waals surface area contributed by atoms with Crippen molar-refractivity contribution >= 4 is 11.5 Å². The van der Waals surface area contributed by atoms with E-state index in [1.807, 2.05) is 0 Å². The molecule has 0 aliphatic heterocycles. The lowest BCUT2D eigenvalue weighted by atomic mass is 10.0. The van der Waals surface area contributed by atoms with Gasteiger partial charge in [-0.05, 0) is 19.1 Å². The minimum atomic E-state index is -4.64. The third-order valence-corrected chi connectivity index (χ3v) is 1.85. The van der Waals surface area contributed by atoms with Crippen LogP contribution in [-0.2, 0) is 6.18 Å². The van der Waals surface area contributed by atoms with Gasteiger partial charge in [0.05, 0.1) is 11.1 Å². The highest BCUT2D eigenvalue weighted by molar-refractivity contribution is 5.97. The fraction of sp³-hybridized carbons (Fsp3) is 0.222. The molecule has 6 heteroatoms. The van der Waals surface area contributed by atoms with Crippen molar-refractivity contribution in [2.75, 3.05) is 5.73 Å². The van der Waals surface area contributed by atoms with Gasteiger partial charge < -0.3 is 10.8 Å². The van der Waals surface area contributed by atoms with Crippen LogP contribution in [0.1, 0.15) is 22.8 Å². The third kappa shape index (κ3) is 2.20. The van der Waals surface area contributed by atoms with E-state index >= 15 is 0 Å². The summed E-state index contributed by atoms with van der Waals surface area (Å²) in [5, 5.41) is 9.17. The average Bonchev–Trinajstić information content (AvgIpc) is 2.06. The van der Waals surface area contributed by atoms with Gasteiger partial charge in [-0.3, -0.25) is 4.79 Å². The summed E-state index contributed by atoms with van der Waals surface area (Å²) < 4.78 is 36.9. The molecular formula is C9H8F3NO2. The molecule has 0 fully saturated rings. The van der Waals surface area contributed by atoms with Crippen molar-refractivity contribution < 1.29 is 23.1 Å². The Bertz CT molecular complexity index is 413. The zero-order valence-corrected chi connectivity index (χ0v) is 7.72. The van der Waals surface area contributed by atoms with Gasteiger partial charge in [-0.25, -0.2) is 0 Å². The third-order valence-electron chi connectivity index (χ3n) is 1.85. The van der Waals surface area contributed by atoms with E-state index in [0.29, 0.717) is 6.07 Å². The number of benzene rings is 1. The summed E-state index contributed by atoms with van der Waals surface area (Å²) >= 11 is 0. The Kier molecular flexibility index (Phi) is 2.61. The fourth-order valence-corrected chi connectivity index (χ4v) is 1.13. The lowest BCUT2D eigenvalue weighted by Crippen LogP contribution is -2.10. The van der Waals surface area contributed by atoms with Crippen LogP contribution in [0.4, 0.5) is 18.9 Å². The molecule has 0 radical (unpaired) electrons. The number of hydrogen-bond acceptors (Lipinski definition) is 3. The highest BCUT2D eigenvalue weighted by Crippen LogP contribution is 2.37. The number of phenols is 1. The minimum Gasteiger partial charge on any atom is -0.507 e. The van der Waals surface area contributed by atoms with Gasteiger partial charge in [0.2, 0.25) is 0 Å². The van der Waals surface area contributed by atoms with Crippen LogP contribution in [0.2, 0.25) is 0 Å². The Morgan fingerprint density at radius 2 is 1.93 bits per heavy atom. The quantitative estimate of drug-likeness (QED) is 0.432. The molecule has 0 saturated carbocycles. The lowest BCUT2D eigenvalue weighted by Gasteiger charge is -2.11. The topological polar surface area (TPSA) is 63.3 Å². The normalized spacial score (nSPS) is 11.5. The van der Waals surface area contributed by atoms with Crippen LogP contribution in [0.5, 0.6) is 5.75 Å². The second-order valence-electron chi connectivity index (χ2n) is 3.01. The van der Waals surface area contributed by atoms with Crippen molar-refractivity contribution in [3.63, 3.8) is 0 Å². The number of carbonyl (C=O) groups is 1. The Balaban J connectivity index is 3.39. The van der Waals surface area contributed by atoms with Crippen molar-refractivity contribution in [1.82, 2.24) is 0 Å². The van der Waals surface area contributed by atoms with Gasteiger partial charge in [0.25, 0.3) is 0 Å². The van der Waals surface area contributed by atoms with Crippen molar-refractivity contribution in [1.29, 1.82) is 0 Å². The van der Waals surface area contributed by atoms with E-state index in [4.69, 9.17) is 5.73 Å². The Hall–Kier alpha value is -1.72. The maximum atomic E-state index is 12.3. The molecule has 0 aromatic heterocycles. The molecule has 1 aromatic rings. The summed E-state index contributed by atoms with van der Waals surface area (Å²) in [6, 6.07) is 1.27. The van der Waals surface area contributed by atoms with Gasteiger partial charge in [-0.2, -0.15) is 13.2 Å². The Morgan fingerprint density at radius 3 is 2.33 bits per heavy atom. The number of phenolic OH excluding ortho intramolecular Hbond substituents is 1. The maximum Gasteiger partial charge on any atom is 0.418 e. The summed E-state index contributed by atoms with van der Waals surface area (Å²) in [7, 11) is 0. The van der Waals surface area contributed by atoms with E-state index in [0.717, 1.165) is 13.0 Å². The molecule has 0 spiro atoms. The fourth-order valence-electron chi connectivity index (χ4n) is 1.13. The Morgan fingerprint density at radius 1 is 1.40 bits per heavy atom. The molecule has 0 amide bonds. The van der Waals surface area contributed by atoms with Crippen molar-refractivity contribution in [3.8, 4) is 5.75 Å². The van der Waals surface area contributed by atoms with Crippen LogP contribution in [-0.4, -0.2) is 10.9 Å². The van der Waals surface area contributed by atoms with Crippen molar-refractivity contribution in [2.45, 2.75) is 13.1 Å². The highest BCUT2D eigenvalue weighted by atomic mass is 19.4. The predicted molar refractivity (Wildman–Crippen MR) is 47.5 cm³/mol. The molecule has 0 heterocycles. The van der Waals surface area contributed by atoms with E-state index in [9.17, 15) is 23.1 Å². The number of hydrogen-bond donors (Lipinski definition) is 2. The van der Waals surface area contributed by atoms with Gasteiger partial charge in [0.15, 0.2) is 5.78 Å². The van der Waals surface area contributed by atoms with Crippen LogP contribution < -0.4 is 5.73 Å². The zero-order chi connectivity index (χ0) is 11.8. The number of halogens is 3. The van der Waals surface area contributed by atoms with Gasteiger partial charge in [0.1, 0.15) is 5.75 Å². The molecule has 0 bridgehead atoms. The van der Waals surface area contributed by atoms with Crippen LogP contribution in [0, 0.1) is 0 Å². The average molecular weight is 219 g/mol. The second kappa shape index (κ2) is 3.45. The van der Waals surface area contributed by atoms with Crippen LogP contribution in [0.15, 0.2) is 12.1 Å². The van der Waals surface area contributed by atoms with E-state index < -0.39 is 29.0 Å². The first-order valence-corrected chi connectivity index (χ1v) is 3.94. The molecule has 0 aliphatic rings. The second-order valence-corrected chi connectivity index (χ2v) is 3.01. The summed E-state index contributed by atoms with van der Waals surface area (Å²) in [6.07, 6.45) is -4.64. The molecular weight excluding hydrogens is 211 g/mol. The number of nitrogens with two attached hydrogens (primary N) is 1. The molecule has 3 nitrogen and oxygen atoms in total. The van der Waals surface area contributed by atoms with Crippen LogP contribution >= 0.6 is 0 Å². The van der Waals surface area contributed by atoms with E-state index in [1.165, 1.54) is 0 Å². The minimum absolute atomic E-state index is 0.222. The molecule has 0 saturated heterocycles. The standard InChI is InChI=1S/C9H8F3NO2/c1-4(14)5-2-7(13)6(3-8(5)15)9(10,11)12/h2-3,15H,13H2,1H3. The first-order valence-electron chi connectivity index (χ1n) is 3.94. The summed E-state index contributed by atoms with van der Waals surface area (Å²) in [5.74, 6) is -1.27. The first kappa shape index (κ1) is 11.4. The number of alkyl halides is 3. The molecule has 0 unspecified atom stereocenters. The van der Waals surface area contributed by atoms with E-state index in [1.54, 1.807) is 0 Å². The zero-order valence-electron chi connectivity index (χ0n) is 7.72. The number of anilines is 1. The van der Waals surface area contributed by atoms with Crippen LogP contribution in [0.3, 0.4) is 0 Å². The van der Waals surface area contributed by atoms with Gasteiger partial charge in [-0.15, -0.1) is 0 Å². The van der Waals surface area contributed by atoms with E-state index in [-0.39, 0.29) is 5.56 Å². The molecule has 82 valence electrons. The number of Topliss-reactive ketones (excluding diaryl/α,β-unsaturated/α-hetero) is 1. The number of ketones is 1. The molecule has 0 atom stereocenters.